The quantitative estimate of drug-likeness (QED) is 0.805. The lowest BCUT2D eigenvalue weighted by molar-refractivity contribution is 0.0691. The number of carboxylic acids is 1. The van der Waals surface area contributed by atoms with Crippen molar-refractivity contribution >= 4 is 26.8 Å². The highest BCUT2D eigenvalue weighted by Crippen LogP contribution is 2.24. The van der Waals surface area contributed by atoms with Crippen LogP contribution >= 0.6 is 0 Å². The highest BCUT2D eigenvalue weighted by Gasteiger charge is 2.22. The van der Waals surface area contributed by atoms with Crippen LogP contribution in [0.2, 0.25) is 0 Å². The minimum atomic E-state index is -3.19. The maximum atomic E-state index is 12.2. The summed E-state index contributed by atoms with van der Waals surface area (Å²) in [4.78, 5) is 27.3. The van der Waals surface area contributed by atoms with Crippen LogP contribution in [0.3, 0.4) is 0 Å². The first kappa shape index (κ1) is 16.0. The largest absolute Gasteiger partial charge is 0.505 e. The second-order valence-electron chi connectivity index (χ2n) is 4.84. The molecule has 2 aromatic rings. The fourth-order valence-electron chi connectivity index (χ4n) is 2.16. The van der Waals surface area contributed by atoms with Crippen molar-refractivity contribution in [3.63, 3.8) is 0 Å². The summed E-state index contributed by atoms with van der Waals surface area (Å²) in [6.45, 7) is 0.00859. The number of nitrogens with zero attached hydrogens (tertiary/aromatic N) is 2. The molecule has 2 aromatic heterocycles. The SMILES string of the molecule is CS(=O)(=O)CCCn1c(=O)c(C(=O)O)c(O)c2ncccc21. The Hall–Kier alpha value is -2.42. The molecule has 0 fully saturated rings. The van der Waals surface area contributed by atoms with E-state index >= 15 is 0 Å². The maximum Gasteiger partial charge on any atom is 0.345 e. The summed E-state index contributed by atoms with van der Waals surface area (Å²) >= 11 is 0. The molecule has 2 rings (SSSR count). The van der Waals surface area contributed by atoms with Gasteiger partial charge in [0.15, 0.2) is 11.3 Å². The smallest absolute Gasteiger partial charge is 0.345 e. The van der Waals surface area contributed by atoms with Crippen molar-refractivity contribution in [1.82, 2.24) is 9.55 Å². The summed E-state index contributed by atoms with van der Waals surface area (Å²) in [7, 11) is -3.19. The second-order valence-corrected chi connectivity index (χ2v) is 7.10. The number of fused-ring (bicyclic) bond motifs is 1. The van der Waals surface area contributed by atoms with Crippen LogP contribution in [0.25, 0.3) is 11.0 Å². The predicted octanol–water partition coefficient (Wildman–Crippen LogP) is 0.235. The van der Waals surface area contributed by atoms with Gasteiger partial charge in [0.25, 0.3) is 5.56 Å². The van der Waals surface area contributed by atoms with Crippen molar-refractivity contribution in [3.05, 3.63) is 34.2 Å². The predicted molar refractivity (Wildman–Crippen MR) is 79.0 cm³/mol. The van der Waals surface area contributed by atoms with E-state index < -0.39 is 32.7 Å². The van der Waals surface area contributed by atoms with E-state index in [9.17, 15) is 23.1 Å². The Morgan fingerprint density at radius 3 is 2.68 bits per heavy atom. The van der Waals surface area contributed by atoms with Crippen LogP contribution in [0, 0.1) is 0 Å². The topological polar surface area (TPSA) is 127 Å². The monoisotopic (exact) mass is 326 g/mol. The zero-order valence-electron chi connectivity index (χ0n) is 11.7. The molecule has 0 amide bonds. The Morgan fingerprint density at radius 1 is 1.41 bits per heavy atom. The lowest BCUT2D eigenvalue weighted by atomic mass is 10.2. The lowest BCUT2D eigenvalue weighted by Crippen LogP contribution is -2.28. The van der Waals surface area contributed by atoms with E-state index in [1.807, 2.05) is 0 Å². The third kappa shape index (κ3) is 3.08. The summed E-state index contributed by atoms with van der Waals surface area (Å²) in [5.41, 5.74) is -1.42. The van der Waals surface area contributed by atoms with Crippen LogP contribution < -0.4 is 5.56 Å². The van der Waals surface area contributed by atoms with Gasteiger partial charge in [-0.2, -0.15) is 0 Å². The Bertz CT molecular complexity index is 901. The van der Waals surface area contributed by atoms with Gasteiger partial charge in [-0.15, -0.1) is 0 Å². The van der Waals surface area contributed by atoms with Gasteiger partial charge >= 0.3 is 5.97 Å². The first-order valence-corrected chi connectivity index (χ1v) is 8.40. The van der Waals surface area contributed by atoms with Crippen molar-refractivity contribution in [3.8, 4) is 5.75 Å². The summed E-state index contributed by atoms with van der Waals surface area (Å²) in [6.07, 6.45) is 2.58. The molecule has 0 aliphatic carbocycles. The van der Waals surface area contributed by atoms with Gasteiger partial charge in [-0.1, -0.05) is 0 Å². The van der Waals surface area contributed by atoms with Gasteiger partial charge in [0, 0.05) is 19.0 Å². The number of rotatable bonds is 5. The van der Waals surface area contributed by atoms with Gasteiger partial charge in [0.2, 0.25) is 0 Å². The molecule has 8 nitrogen and oxygen atoms in total. The van der Waals surface area contributed by atoms with Gasteiger partial charge in [-0.3, -0.25) is 9.78 Å². The molecule has 0 radical (unpaired) electrons. The van der Waals surface area contributed by atoms with Crippen LogP contribution in [-0.4, -0.2) is 46.2 Å². The van der Waals surface area contributed by atoms with Crippen molar-refractivity contribution in [1.29, 1.82) is 0 Å². The molecular formula is C13H14N2O6S. The molecule has 0 saturated heterocycles. The number of aromatic nitrogens is 2. The summed E-state index contributed by atoms with van der Waals surface area (Å²) < 4.78 is 23.5. The molecule has 0 saturated carbocycles. The van der Waals surface area contributed by atoms with E-state index in [0.717, 1.165) is 10.8 Å². The van der Waals surface area contributed by atoms with E-state index in [2.05, 4.69) is 4.98 Å². The second kappa shape index (κ2) is 5.76. The number of hydrogen-bond acceptors (Lipinski definition) is 6. The molecule has 118 valence electrons. The highest BCUT2D eigenvalue weighted by molar-refractivity contribution is 7.90. The fraction of sp³-hybridized carbons (Fsp3) is 0.308. The van der Waals surface area contributed by atoms with Crippen molar-refractivity contribution in [2.24, 2.45) is 0 Å². The summed E-state index contributed by atoms with van der Waals surface area (Å²) in [5.74, 6) is -2.39. The van der Waals surface area contributed by atoms with Crippen LogP contribution in [0.1, 0.15) is 16.8 Å². The third-order valence-corrected chi connectivity index (χ3v) is 4.14. The summed E-state index contributed by atoms with van der Waals surface area (Å²) in [5, 5.41) is 19.0. The van der Waals surface area contributed by atoms with E-state index in [1.54, 1.807) is 0 Å². The Morgan fingerprint density at radius 2 is 2.09 bits per heavy atom. The Labute approximate surface area is 125 Å². The van der Waals surface area contributed by atoms with Crippen molar-refractivity contribution in [2.45, 2.75) is 13.0 Å². The Kier molecular flexibility index (Phi) is 4.18. The van der Waals surface area contributed by atoms with E-state index in [-0.39, 0.29) is 29.8 Å². The molecule has 9 heteroatoms. The van der Waals surface area contributed by atoms with Crippen LogP contribution in [0.15, 0.2) is 23.1 Å². The van der Waals surface area contributed by atoms with Crippen LogP contribution in [-0.2, 0) is 16.4 Å². The van der Waals surface area contributed by atoms with Gasteiger partial charge in [0.05, 0.1) is 11.3 Å². The fourth-order valence-corrected chi connectivity index (χ4v) is 2.81. The number of aryl methyl sites for hydroxylation is 1. The average Bonchev–Trinajstić information content (AvgIpc) is 2.41. The standard InChI is InChI=1S/C13H14N2O6S/c1-22(20,21)7-3-6-15-8-4-2-5-14-10(8)11(16)9(12(15)17)13(18)19/h2,4-5,16H,3,6-7H2,1H3,(H,18,19). The molecule has 22 heavy (non-hydrogen) atoms. The van der Waals surface area contributed by atoms with Gasteiger partial charge in [-0.25, -0.2) is 13.2 Å². The molecule has 0 aliphatic heterocycles. The van der Waals surface area contributed by atoms with Gasteiger partial charge in [0.1, 0.15) is 15.4 Å². The first-order valence-electron chi connectivity index (χ1n) is 6.34. The van der Waals surface area contributed by atoms with Crippen molar-refractivity contribution < 1.29 is 23.4 Å². The van der Waals surface area contributed by atoms with Gasteiger partial charge < -0.3 is 14.8 Å². The molecule has 0 atom stereocenters. The van der Waals surface area contributed by atoms with Gasteiger partial charge in [-0.05, 0) is 18.6 Å². The maximum absolute atomic E-state index is 12.2. The van der Waals surface area contributed by atoms with Crippen LogP contribution in [0.5, 0.6) is 5.75 Å². The molecular weight excluding hydrogens is 312 g/mol. The molecule has 2 N–H and O–H groups in total. The number of carboxylic acid groups (broad SMARTS) is 1. The highest BCUT2D eigenvalue weighted by atomic mass is 32.2. The molecule has 2 heterocycles. The number of sulfone groups is 1. The van der Waals surface area contributed by atoms with E-state index in [0.29, 0.717) is 0 Å². The Balaban J connectivity index is 2.61. The third-order valence-electron chi connectivity index (χ3n) is 3.11. The number of pyridine rings is 2. The number of hydrogen-bond donors (Lipinski definition) is 2. The minimum absolute atomic E-state index is 0.00859. The lowest BCUT2D eigenvalue weighted by Gasteiger charge is -2.12. The number of aromatic hydroxyl groups is 1. The molecule has 0 bridgehead atoms. The molecule has 0 aliphatic rings. The number of carbonyl (C=O) groups is 1. The zero-order valence-corrected chi connectivity index (χ0v) is 12.5. The molecule has 0 aromatic carbocycles. The average molecular weight is 326 g/mol. The minimum Gasteiger partial charge on any atom is -0.505 e. The normalized spacial score (nSPS) is 11.7. The van der Waals surface area contributed by atoms with Crippen LogP contribution in [0.4, 0.5) is 0 Å². The number of aromatic carboxylic acids is 1. The summed E-state index contributed by atoms with van der Waals surface area (Å²) in [6, 6.07) is 3.05. The first-order chi connectivity index (χ1) is 10.2. The van der Waals surface area contributed by atoms with E-state index in [1.165, 1.54) is 18.3 Å². The molecule has 0 unspecified atom stereocenters. The van der Waals surface area contributed by atoms with Crippen molar-refractivity contribution in [2.75, 3.05) is 12.0 Å². The molecule has 0 spiro atoms. The van der Waals surface area contributed by atoms with E-state index in [4.69, 9.17) is 5.11 Å². The zero-order chi connectivity index (χ0) is 16.5.